The molecule has 1 N–H and O–H groups in total. The first kappa shape index (κ1) is 11.7. The first-order valence-corrected chi connectivity index (χ1v) is 5.86. The maximum Gasteiger partial charge on any atom is 0.244 e. The van der Waals surface area contributed by atoms with Crippen molar-refractivity contribution < 1.29 is 16.7 Å². The van der Waals surface area contributed by atoms with E-state index in [4.69, 9.17) is 23.2 Å². The van der Waals surface area contributed by atoms with E-state index in [0.717, 1.165) is 5.56 Å². The predicted octanol–water partition coefficient (Wildman–Crippen LogP) is 2.20. The third kappa shape index (κ3) is 1.51. The highest BCUT2D eigenvalue weighted by atomic mass is 35.5. The third-order valence-electron chi connectivity index (χ3n) is 3.53. The summed E-state index contributed by atoms with van der Waals surface area (Å²) in [6.45, 7) is 1.88. The fraction of sp³-hybridized carbons (Fsp3) is 0.417. The minimum atomic E-state index is -0.600. The molecular weight excluding hydrogens is 245 g/mol. The number of aliphatic hydroxyl groups is 1. The standard InChI is InChI=1S/C12H12Cl2NO/c1-7-11(16)5-12(7,6-15)8-2-3-9(13)10(14)4-8/h2-4,7,11,14,16H,5H2,1H3/q+1/t7-,11?,12+/m1/s1. The number of nitrogens with zero attached hydrogens (tertiary/aromatic N) is 1. The van der Waals surface area contributed by atoms with Gasteiger partial charge in [0.1, 0.15) is 5.02 Å². The Morgan fingerprint density at radius 1 is 1.62 bits per heavy atom. The van der Waals surface area contributed by atoms with Crippen LogP contribution in [-0.2, 0) is 5.41 Å². The van der Waals surface area contributed by atoms with Crippen LogP contribution >= 0.6 is 11.6 Å². The van der Waals surface area contributed by atoms with Gasteiger partial charge in [0.05, 0.1) is 17.6 Å². The Hall–Kier alpha value is -0.750. The van der Waals surface area contributed by atoms with Crippen molar-refractivity contribution in [1.29, 1.82) is 5.26 Å². The van der Waals surface area contributed by atoms with Crippen LogP contribution in [0.25, 0.3) is 0 Å². The van der Waals surface area contributed by atoms with Crippen molar-refractivity contribution in [2.75, 3.05) is 0 Å². The number of halogens is 2. The molecule has 1 saturated carbocycles. The lowest BCUT2D eigenvalue weighted by Gasteiger charge is -2.47. The topological polar surface area (TPSA) is 44.0 Å². The number of benzene rings is 1. The van der Waals surface area contributed by atoms with Crippen molar-refractivity contribution in [3.05, 3.63) is 33.8 Å². The van der Waals surface area contributed by atoms with E-state index in [2.05, 4.69) is 6.07 Å². The van der Waals surface area contributed by atoms with Gasteiger partial charge in [-0.25, -0.2) is 0 Å². The van der Waals surface area contributed by atoms with Crippen LogP contribution in [0.15, 0.2) is 18.2 Å². The van der Waals surface area contributed by atoms with Crippen LogP contribution in [0.4, 0.5) is 0 Å². The summed E-state index contributed by atoms with van der Waals surface area (Å²) < 4.78 is 0. The third-order valence-corrected chi connectivity index (χ3v) is 4.31. The zero-order valence-corrected chi connectivity index (χ0v) is 10.3. The summed E-state index contributed by atoms with van der Waals surface area (Å²) in [5.41, 5.74) is 0.264. The summed E-state index contributed by atoms with van der Waals surface area (Å²) in [5.74, 6) is -0.0620. The average Bonchev–Trinajstić information content (AvgIpc) is 2.29. The first-order valence-electron chi connectivity index (χ1n) is 5.07. The highest BCUT2D eigenvalue weighted by Crippen LogP contribution is 2.48. The molecular formula is C12H12Cl2NO+. The Bertz CT molecular complexity index is 469. The van der Waals surface area contributed by atoms with Gasteiger partial charge in [-0.1, -0.05) is 24.6 Å². The number of hydrogen-bond acceptors (Lipinski definition) is 2. The zero-order valence-electron chi connectivity index (χ0n) is 8.77. The predicted molar refractivity (Wildman–Crippen MR) is 59.1 cm³/mol. The molecule has 0 radical (unpaired) electrons. The van der Waals surface area contributed by atoms with Gasteiger partial charge >= 0.3 is 0 Å². The molecule has 1 fully saturated rings. The quantitative estimate of drug-likeness (QED) is 0.838. The normalized spacial score (nSPS) is 32.9. The Kier molecular flexibility index (Phi) is 2.88. The summed E-state index contributed by atoms with van der Waals surface area (Å²) in [7, 11) is 0. The van der Waals surface area contributed by atoms with E-state index in [1.54, 1.807) is 12.1 Å². The summed E-state index contributed by atoms with van der Waals surface area (Å²) in [4.78, 5) is 0. The Balaban J connectivity index is 2.44. The lowest BCUT2D eigenvalue weighted by Crippen LogP contribution is -2.52. The molecule has 1 aromatic rings. The van der Waals surface area contributed by atoms with E-state index in [0.29, 0.717) is 16.5 Å². The molecule has 0 bridgehead atoms. The first-order chi connectivity index (χ1) is 7.51. The molecule has 2 rings (SSSR count). The number of nitriles is 1. The van der Waals surface area contributed by atoms with Crippen LogP contribution in [0.2, 0.25) is 10.0 Å². The summed E-state index contributed by atoms with van der Waals surface area (Å²) in [6, 6.07) is 7.62. The SMILES string of the molecule is C[C@@H]1C(O)C[C@@]1(C#N)c1ccc(Cl)c([ClH+])c1. The summed E-state index contributed by atoms with van der Waals surface area (Å²) >= 11 is 11.0. The van der Waals surface area contributed by atoms with Crippen molar-refractivity contribution in [2.45, 2.75) is 24.9 Å². The second-order valence-corrected chi connectivity index (χ2v) is 5.14. The number of hydrogen-bond donors (Lipinski definition) is 1. The minimum Gasteiger partial charge on any atom is -0.393 e. The molecule has 3 atom stereocenters. The van der Waals surface area contributed by atoms with Crippen LogP contribution in [0.1, 0.15) is 18.9 Å². The van der Waals surface area contributed by atoms with E-state index < -0.39 is 11.5 Å². The average molecular weight is 257 g/mol. The van der Waals surface area contributed by atoms with E-state index in [1.165, 1.54) is 0 Å². The maximum absolute atomic E-state index is 9.57. The van der Waals surface area contributed by atoms with E-state index in [9.17, 15) is 10.4 Å². The smallest absolute Gasteiger partial charge is 0.244 e. The van der Waals surface area contributed by atoms with Gasteiger partial charge in [-0.3, -0.25) is 0 Å². The highest BCUT2D eigenvalue weighted by molar-refractivity contribution is 6.31. The molecule has 2 nitrogen and oxygen atoms in total. The van der Waals surface area contributed by atoms with Crippen LogP contribution in [0, 0.1) is 28.8 Å². The molecule has 0 heterocycles. The molecule has 0 spiro atoms. The number of aliphatic hydroxyl groups excluding tert-OH is 1. The second-order valence-electron chi connectivity index (χ2n) is 4.29. The summed E-state index contributed by atoms with van der Waals surface area (Å²) in [6.07, 6.45) is 0.0741. The Morgan fingerprint density at radius 2 is 2.31 bits per heavy atom. The van der Waals surface area contributed by atoms with Gasteiger partial charge in [0.2, 0.25) is 5.02 Å². The van der Waals surface area contributed by atoms with Gasteiger partial charge in [-0.2, -0.15) is 5.26 Å². The van der Waals surface area contributed by atoms with Crippen molar-refractivity contribution in [2.24, 2.45) is 5.92 Å². The largest absolute Gasteiger partial charge is 0.393 e. The molecule has 0 aliphatic heterocycles. The maximum atomic E-state index is 9.57. The van der Waals surface area contributed by atoms with Gasteiger partial charge in [-0.05, 0) is 18.1 Å². The van der Waals surface area contributed by atoms with Gasteiger partial charge in [-0.15, -0.1) is 0 Å². The van der Waals surface area contributed by atoms with Crippen molar-refractivity contribution in [1.82, 2.24) is 0 Å². The van der Waals surface area contributed by atoms with Crippen LogP contribution in [0.3, 0.4) is 0 Å². The minimum absolute atomic E-state index is 0.0620. The zero-order chi connectivity index (χ0) is 11.9. The monoisotopic (exact) mass is 256 g/mol. The lowest BCUT2D eigenvalue weighted by molar-refractivity contribution is -0.288. The van der Waals surface area contributed by atoms with E-state index in [1.807, 2.05) is 13.0 Å². The lowest BCUT2D eigenvalue weighted by atomic mass is 9.56. The molecule has 4 heteroatoms. The van der Waals surface area contributed by atoms with Crippen LogP contribution in [0.5, 0.6) is 0 Å². The number of rotatable bonds is 1. The molecule has 0 saturated heterocycles. The molecule has 1 unspecified atom stereocenters. The summed E-state index contributed by atoms with van der Waals surface area (Å²) in [5, 5.41) is 20.0. The van der Waals surface area contributed by atoms with Gasteiger partial charge in [0, 0.05) is 12.0 Å². The molecule has 1 aromatic carbocycles. The van der Waals surface area contributed by atoms with E-state index >= 15 is 0 Å². The van der Waals surface area contributed by atoms with E-state index in [-0.39, 0.29) is 5.92 Å². The molecule has 1 aliphatic rings. The molecule has 0 aromatic heterocycles. The van der Waals surface area contributed by atoms with Crippen molar-refractivity contribution >= 4 is 11.6 Å². The van der Waals surface area contributed by atoms with Crippen molar-refractivity contribution in [3.8, 4) is 6.07 Å². The van der Waals surface area contributed by atoms with Crippen LogP contribution in [-0.4, -0.2) is 11.2 Å². The molecule has 0 amide bonds. The van der Waals surface area contributed by atoms with Gasteiger partial charge in [0.25, 0.3) is 0 Å². The van der Waals surface area contributed by atoms with Crippen LogP contribution < -0.4 is 0 Å². The van der Waals surface area contributed by atoms with Gasteiger partial charge < -0.3 is 5.11 Å². The van der Waals surface area contributed by atoms with Gasteiger partial charge in [0.15, 0.2) is 11.6 Å². The fourth-order valence-electron chi connectivity index (χ4n) is 2.23. The Labute approximate surface area is 104 Å². The fourth-order valence-corrected chi connectivity index (χ4v) is 2.55. The second kappa shape index (κ2) is 3.92. The molecule has 1 aliphatic carbocycles. The molecule has 16 heavy (non-hydrogen) atoms. The molecule has 84 valence electrons. The highest BCUT2D eigenvalue weighted by Gasteiger charge is 2.52. The Morgan fingerprint density at radius 3 is 2.75 bits per heavy atom. The van der Waals surface area contributed by atoms with Crippen molar-refractivity contribution in [3.63, 3.8) is 0 Å².